The molecule has 1 aromatic rings. The summed E-state index contributed by atoms with van der Waals surface area (Å²) in [7, 11) is 5.15. The van der Waals surface area contributed by atoms with Crippen LogP contribution in [0.5, 0.6) is 0 Å². The van der Waals surface area contributed by atoms with Gasteiger partial charge in [0.2, 0.25) is 0 Å². The van der Waals surface area contributed by atoms with Crippen molar-refractivity contribution in [1.29, 1.82) is 0 Å². The summed E-state index contributed by atoms with van der Waals surface area (Å²) in [6.07, 6.45) is 1.42. The molecule has 1 N–H and O–H groups in total. The Morgan fingerprint density at radius 3 is 2.60 bits per heavy atom. The van der Waals surface area contributed by atoms with Crippen LogP contribution in [0.1, 0.15) is 12.7 Å². The number of rotatable bonds is 6. The van der Waals surface area contributed by atoms with Crippen molar-refractivity contribution in [3.63, 3.8) is 0 Å². The SMILES string of the molecule is COC(OC)C(C)NCc1nncn1C. The number of aromatic nitrogens is 3. The van der Waals surface area contributed by atoms with E-state index in [0.29, 0.717) is 6.54 Å². The molecule has 0 aliphatic heterocycles. The predicted octanol–water partition coefficient (Wildman–Crippen LogP) is -0.0879. The van der Waals surface area contributed by atoms with Gasteiger partial charge in [0.05, 0.1) is 12.6 Å². The number of hydrogen-bond acceptors (Lipinski definition) is 5. The van der Waals surface area contributed by atoms with Crippen molar-refractivity contribution in [2.45, 2.75) is 25.8 Å². The quantitative estimate of drug-likeness (QED) is 0.671. The van der Waals surface area contributed by atoms with Crippen molar-refractivity contribution in [1.82, 2.24) is 20.1 Å². The van der Waals surface area contributed by atoms with E-state index in [1.807, 2.05) is 18.5 Å². The lowest BCUT2D eigenvalue weighted by Crippen LogP contribution is -2.39. The highest BCUT2D eigenvalue weighted by molar-refractivity contribution is 4.84. The van der Waals surface area contributed by atoms with E-state index in [1.165, 1.54) is 0 Å². The van der Waals surface area contributed by atoms with Gasteiger partial charge in [0.15, 0.2) is 6.29 Å². The van der Waals surface area contributed by atoms with Crippen LogP contribution in [0.3, 0.4) is 0 Å². The van der Waals surface area contributed by atoms with E-state index in [2.05, 4.69) is 15.5 Å². The van der Waals surface area contributed by atoms with Gasteiger partial charge in [0.25, 0.3) is 0 Å². The van der Waals surface area contributed by atoms with Crippen LogP contribution in [-0.2, 0) is 23.1 Å². The molecule has 1 rings (SSSR count). The van der Waals surface area contributed by atoms with Gasteiger partial charge in [-0.2, -0.15) is 0 Å². The fourth-order valence-corrected chi connectivity index (χ4v) is 1.32. The van der Waals surface area contributed by atoms with Crippen LogP contribution in [0, 0.1) is 0 Å². The van der Waals surface area contributed by atoms with Crippen molar-refractivity contribution in [2.24, 2.45) is 7.05 Å². The second kappa shape index (κ2) is 5.79. The predicted molar refractivity (Wildman–Crippen MR) is 55.1 cm³/mol. The zero-order chi connectivity index (χ0) is 11.3. The van der Waals surface area contributed by atoms with Gasteiger partial charge in [-0.3, -0.25) is 0 Å². The summed E-state index contributed by atoms with van der Waals surface area (Å²) in [6, 6.07) is 0.0942. The Labute approximate surface area is 89.6 Å². The van der Waals surface area contributed by atoms with Crippen LogP contribution in [-0.4, -0.2) is 41.3 Å². The van der Waals surface area contributed by atoms with Crippen LogP contribution < -0.4 is 5.32 Å². The van der Waals surface area contributed by atoms with Gasteiger partial charge < -0.3 is 19.4 Å². The maximum absolute atomic E-state index is 5.13. The first-order valence-corrected chi connectivity index (χ1v) is 4.81. The van der Waals surface area contributed by atoms with Crippen LogP contribution in [0.15, 0.2) is 6.33 Å². The third-order valence-electron chi connectivity index (χ3n) is 2.26. The van der Waals surface area contributed by atoms with E-state index in [-0.39, 0.29) is 12.3 Å². The summed E-state index contributed by atoms with van der Waals surface area (Å²) in [5.74, 6) is 0.882. The van der Waals surface area contributed by atoms with Gasteiger partial charge in [0.1, 0.15) is 12.2 Å². The molecule has 0 amide bonds. The molecule has 86 valence electrons. The molecular weight excluding hydrogens is 196 g/mol. The number of ether oxygens (including phenoxy) is 2. The summed E-state index contributed by atoms with van der Waals surface area (Å²) in [6.45, 7) is 2.63. The lowest BCUT2D eigenvalue weighted by molar-refractivity contribution is -0.119. The van der Waals surface area contributed by atoms with E-state index in [4.69, 9.17) is 9.47 Å². The van der Waals surface area contributed by atoms with Crippen LogP contribution >= 0.6 is 0 Å². The first kappa shape index (κ1) is 12.1. The number of nitrogens with zero attached hydrogens (tertiary/aromatic N) is 3. The maximum atomic E-state index is 5.13. The summed E-state index contributed by atoms with van der Waals surface area (Å²) >= 11 is 0. The van der Waals surface area contributed by atoms with Crippen LogP contribution in [0.2, 0.25) is 0 Å². The smallest absolute Gasteiger partial charge is 0.171 e. The van der Waals surface area contributed by atoms with E-state index < -0.39 is 0 Å². The molecule has 0 radical (unpaired) electrons. The molecule has 15 heavy (non-hydrogen) atoms. The Kier molecular flexibility index (Phi) is 4.67. The third kappa shape index (κ3) is 3.26. The Hall–Kier alpha value is -0.980. The minimum absolute atomic E-state index is 0.0942. The van der Waals surface area contributed by atoms with Gasteiger partial charge in [-0.05, 0) is 6.92 Å². The van der Waals surface area contributed by atoms with E-state index in [1.54, 1.807) is 20.5 Å². The van der Waals surface area contributed by atoms with E-state index in [0.717, 1.165) is 5.82 Å². The number of hydrogen-bond donors (Lipinski definition) is 1. The summed E-state index contributed by atoms with van der Waals surface area (Å²) in [5.41, 5.74) is 0. The highest BCUT2D eigenvalue weighted by Gasteiger charge is 2.15. The average Bonchev–Trinajstić information content (AvgIpc) is 2.63. The minimum Gasteiger partial charge on any atom is -0.354 e. The monoisotopic (exact) mass is 214 g/mol. The zero-order valence-electron chi connectivity index (χ0n) is 9.60. The second-order valence-corrected chi connectivity index (χ2v) is 3.37. The van der Waals surface area contributed by atoms with Gasteiger partial charge in [-0.1, -0.05) is 0 Å². The highest BCUT2D eigenvalue weighted by atomic mass is 16.7. The molecule has 0 aromatic carbocycles. The first-order chi connectivity index (χ1) is 7.19. The second-order valence-electron chi connectivity index (χ2n) is 3.37. The maximum Gasteiger partial charge on any atom is 0.171 e. The fourth-order valence-electron chi connectivity index (χ4n) is 1.32. The van der Waals surface area contributed by atoms with Gasteiger partial charge in [-0.15, -0.1) is 10.2 Å². The summed E-state index contributed by atoms with van der Waals surface area (Å²) in [5, 5.41) is 11.0. The average molecular weight is 214 g/mol. The topological polar surface area (TPSA) is 61.2 Å². The molecule has 0 saturated heterocycles. The van der Waals surface area contributed by atoms with Crippen LogP contribution in [0.4, 0.5) is 0 Å². The normalized spacial score (nSPS) is 13.4. The fraction of sp³-hybridized carbons (Fsp3) is 0.778. The van der Waals surface area contributed by atoms with E-state index in [9.17, 15) is 0 Å². The number of aryl methyl sites for hydroxylation is 1. The lowest BCUT2D eigenvalue weighted by atomic mass is 10.3. The molecule has 1 atom stereocenters. The molecule has 0 fully saturated rings. The molecule has 1 unspecified atom stereocenters. The van der Waals surface area contributed by atoms with E-state index >= 15 is 0 Å². The molecule has 6 heteroatoms. The van der Waals surface area contributed by atoms with Gasteiger partial charge in [0, 0.05) is 21.3 Å². The van der Waals surface area contributed by atoms with Crippen molar-refractivity contribution >= 4 is 0 Å². The minimum atomic E-state index is -0.252. The number of methoxy groups -OCH3 is 2. The summed E-state index contributed by atoms with van der Waals surface area (Å²) < 4.78 is 12.1. The third-order valence-corrected chi connectivity index (χ3v) is 2.26. The zero-order valence-corrected chi connectivity index (χ0v) is 9.60. The highest BCUT2D eigenvalue weighted by Crippen LogP contribution is 2.00. The van der Waals surface area contributed by atoms with Crippen molar-refractivity contribution in [3.05, 3.63) is 12.2 Å². The Bertz CT molecular complexity index is 285. The van der Waals surface area contributed by atoms with Crippen molar-refractivity contribution in [3.8, 4) is 0 Å². The van der Waals surface area contributed by atoms with Crippen molar-refractivity contribution < 1.29 is 9.47 Å². The molecule has 6 nitrogen and oxygen atoms in total. The molecule has 0 spiro atoms. The molecule has 0 aliphatic carbocycles. The standard InChI is InChI=1S/C9H18N4O2/c1-7(9(14-3)15-4)10-5-8-12-11-6-13(8)2/h6-7,9-10H,5H2,1-4H3. The first-order valence-electron chi connectivity index (χ1n) is 4.81. The molecule has 1 heterocycles. The molecule has 1 aromatic heterocycles. The van der Waals surface area contributed by atoms with Gasteiger partial charge in [-0.25, -0.2) is 0 Å². The Balaban J connectivity index is 2.40. The Morgan fingerprint density at radius 2 is 2.13 bits per heavy atom. The summed E-state index contributed by atoms with van der Waals surface area (Å²) in [4.78, 5) is 0. The molecule has 0 saturated carbocycles. The molecule has 0 bridgehead atoms. The largest absolute Gasteiger partial charge is 0.354 e. The molecule has 0 aliphatic rings. The van der Waals surface area contributed by atoms with Gasteiger partial charge >= 0.3 is 0 Å². The Morgan fingerprint density at radius 1 is 1.47 bits per heavy atom. The lowest BCUT2D eigenvalue weighted by Gasteiger charge is -2.21. The molecular formula is C9H18N4O2. The van der Waals surface area contributed by atoms with Crippen LogP contribution in [0.25, 0.3) is 0 Å². The number of nitrogens with one attached hydrogen (secondary N) is 1. The van der Waals surface area contributed by atoms with Crippen molar-refractivity contribution in [2.75, 3.05) is 14.2 Å².